The molecule has 0 unspecified atom stereocenters. The smallest absolute Gasteiger partial charge is 0.270 e. The fraction of sp³-hybridized carbons (Fsp3) is 0.571. The summed E-state index contributed by atoms with van der Waals surface area (Å²) in [6, 6.07) is 4.82. The molecule has 1 aliphatic carbocycles. The molecule has 2 rings (SSSR count). The highest BCUT2D eigenvalue weighted by atomic mass is 32.2. The van der Waals surface area contributed by atoms with Gasteiger partial charge in [-0.25, -0.2) is 0 Å². The normalized spacial score (nSPS) is 16.3. The molecule has 104 valence electrons. The molecule has 0 radical (unpaired) electrons. The van der Waals surface area contributed by atoms with Crippen molar-refractivity contribution < 1.29 is 9.66 Å². The Bertz CT molecular complexity index is 444. The summed E-state index contributed by atoms with van der Waals surface area (Å²) in [6.07, 6.45) is 6.49. The number of non-ortho nitro benzene ring substituents is 1. The molecular weight excluding hydrogens is 262 g/mol. The number of methoxy groups -OCH3 is 1. The molecule has 0 N–H and O–H groups in total. The van der Waals surface area contributed by atoms with Crippen molar-refractivity contribution in [3.63, 3.8) is 0 Å². The van der Waals surface area contributed by atoms with E-state index in [2.05, 4.69) is 0 Å². The maximum absolute atomic E-state index is 10.8. The molecule has 0 amide bonds. The van der Waals surface area contributed by atoms with Crippen molar-refractivity contribution in [3.05, 3.63) is 33.9 Å². The van der Waals surface area contributed by atoms with Gasteiger partial charge < -0.3 is 4.74 Å². The van der Waals surface area contributed by atoms with E-state index in [1.165, 1.54) is 38.2 Å². The summed E-state index contributed by atoms with van der Waals surface area (Å²) in [5, 5.41) is 11.5. The Morgan fingerprint density at radius 2 is 2.11 bits per heavy atom. The van der Waals surface area contributed by atoms with Crippen LogP contribution in [-0.2, 0) is 5.75 Å². The first kappa shape index (κ1) is 14.2. The lowest BCUT2D eigenvalue weighted by Crippen LogP contribution is -2.08. The number of nitro benzene ring substituents is 1. The highest BCUT2D eigenvalue weighted by Gasteiger charge is 2.16. The summed E-state index contributed by atoms with van der Waals surface area (Å²) >= 11 is 1.90. The highest BCUT2D eigenvalue weighted by molar-refractivity contribution is 7.99. The van der Waals surface area contributed by atoms with Gasteiger partial charge in [-0.05, 0) is 18.9 Å². The molecule has 1 aromatic carbocycles. The van der Waals surface area contributed by atoms with Gasteiger partial charge in [0.25, 0.3) is 5.69 Å². The van der Waals surface area contributed by atoms with Gasteiger partial charge in [-0.1, -0.05) is 19.3 Å². The van der Waals surface area contributed by atoms with Crippen LogP contribution in [0.2, 0.25) is 0 Å². The Morgan fingerprint density at radius 1 is 1.37 bits per heavy atom. The van der Waals surface area contributed by atoms with Gasteiger partial charge in [0.2, 0.25) is 0 Å². The van der Waals surface area contributed by atoms with Crippen LogP contribution in [0.15, 0.2) is 18.2 Å². The van der Waals surface area contributed by atoms with Gasteiger partial charge in [-0.15, -0.1) is 0 Å². The average Bonchev–Trinajstić information content (AvgIpc) is 2.45. The Labute approximate surface area is 117 Å². The Morgan fingerprint density at radius 3 is 2.74 bits per heavy atom. The topological polar surface area (TPSA) is 52.4 Å². The van der Waals surface area contributed by atoms with Crippen LogP contribution in [0.25, 0.3) is 0 Å². The summed E-state index contributed by atoms with van der Waals surface area (Å²) in [5.41, 5.74) is 1.06. The molecule has 1 fully saturated rings. The number of rotatable bonds is 5. The van der Waals surface area contributed by atoms with E-state index in [1.807, 2.05) is 11.8 Å². The van der Waals surface area contributed by atoms with Crippen LogP contribution >= 0.6 is 11.8 Å². The Kier molecular flexibility index (Phi) is 5.07. The standard InChI is InChI=1S/C14H19NO3S/c1-18-14-8-7-12(15(16)17)9-11(14)10-19-13-5-3-2-4-6-13/h7-9,13H,2-6,10H2,1H3. The van der Waals surface area contributed by atoms with E-state index in [-0.39, 0.29) is 10.6 Å². The number of benzene rings is 1. The zero-order valence-corrected chi connectivity index (χ0v) is 11.9. The largest absolute Gasteiger partial charge is 0.496 e. The first-order valence-corrected chi connectivity index (χ1v) is 7.68. The van der Waals surface area contributed by atoms with Gasteiger partial charge in [0.15, 0.2) is 0 Å². The van der Waals surface area contributed by atoms with E-state index < -0.39 is 0 Å². The second-order valence-corrected chi connectivity index (χ2v) is 6.11. The summed E-state index contributed by atoms with van der Waals surface area (Å²) in [4.78, 5) is 10.5. The van der Waals surface area contributed by atoms with E-state index in [0.29, 0.717) is 5.25 Å². The van der Waals surface area contributed by atoms with Crippen LogP contribution in [0.4, 0.5) is 5.69 Å². The van der Waals surface area contributed by atoms with E-state index in [9.17, 15) is 10.1 Å². The van der Waals surface area contributed by atoms with Crippen LogP contribution in [0.5, 0.6) is 5.75 Å². The highest BCUT2D eigenvalue weighted by Crippen LogP contribution is 2.34. The molecule has 1 aliphatic rings. The zero-order chi connectivity index (χ0) is 13.7. The molecule has 0 bridgehead atoms. The second kappa shape index (κ2) is 6.80. The van der Waals surface area contributed by atoms with E-state index in [1.54, 1.807) is 19.2 Å². The third kappa shape index (κ3) is 3.86. The molecular formula is C14H19NO3S. The van der Waals surface area contributed by atoms with Crippen molar-refractivity contribution >= 4 is 17.4 Å². The van der Waals surface area contributed by atoms with Crippen LogP contribution in [0.3, 0.4) is 0 Å². The summed E-state index contributed by atoms with van der Waals surface area (Å²) < 4.78 is 5.28. The maximum Gasteiger partial charge on any atom is 0.270 e. The van der Waals surface area contributed by atoms with Gasteiger partial charge in [0, 0.05) is 28.7 Å². The average molecular weight is 281 g/mol. The maximum atomic E-state index is 10.8. The van der Waals surface area contributed by atoms with Gasteiger partial charge >= 0.3 is 0 Å². The number of hydrogen-bond acceptors (Lipinski definition) is 4. The molecule has 19 heavy (non-hydrogen) atoms. The first-order valence-electron chi connectivity index (χ1n) is 6.63. The quantitative estimate of drug-likeness (QED) is 0.600. The zero-order valence-electron chi connectivity index (χ0n) is 11.1. The Balaban J connectivity index is 2.04. The van der Waals surface area contributed by atoms with Crippen molar-refractivity contribution in [2.45, 2.75) is 43.1 Å². The SMILES string of the molecule is COc1ccc([N+](=O)[O-])cc1CSC1CCCCC1. The van der Waals surface area contributed by atoms with Crippen molar-refractivity contribution in [1.29, 1.82) is 0 Å². The van der Waals surface area contributed by atoms with Crippen LogP contribution in [-0.4, -0.2) is 17.3 Å². The molecule has 0 spiro atoms. The third-order valence-electron chi connectivity index (χ3n) is 3.50. The van der Waals surface area contributed by atoms with Crippen molar-refractivity contribution in [2.75, 3.05) is 7.11 Å². The molecule has 4 nitrogen and oxygen atoms in total. The monoisotopic (exact) mass is 281 g/mol. The lowest BCUT2D eigenvalue weighted by molar-refractivity contribution is -0.384. The lowest BCUT2D eigenvalue weighted by Gasteiger charge is -2.21. The molecule has 0 saturated heterocycles. The lowest BCUT2D eigenvalue weighted by atomic mass is 10.0. The minimum absolute atomic E-state index is 0.139. The number of nitrogens with zero attached hydrogens (tertiary/aromatic N) is 1. The van der Waals surface area contributed by atoms with E-state index >= 15 is 0 Å². The summed E-state index contributed by atoms with van der Waals surface area (Å²) in [5.74, 6) is 1.53. The van der Waals surface area contributed by atoms with Crippen LogP contribution in [0, 0.1) is 10.1 Å². The molecule has 0 aromatic heterocycles. The number of ether oxygens (including phenoxy) is 1. The third-order valence-corrected chi connectivity index (χ3v) is 4.92. The van der Waals surface area contributed by atoms with E-state index in [0.717, 1.165) is 17.1 Å². The first-order chi connectivity index (χ1) is 9.20. The number of thioether (sulfide) groups is 1. The van der Waals surface area contributed by atoms with E-state index in [4.69, 9.17) is 4.74 Å². The van der Waals surface area contributed by atoms with Crippen LogP contribution in [0.1, 0.15) is 37.7 Å². The minimum atomic E-state index is -0.353. The summed E-state index contributed by atoms with van der Waals surface area (Å²) in [7, 11) is 1.61. The minimum Gasteiger partial charge on any atom is -0.496 e. The molecule has 0 aliphatic heterocycles. The van der Waals surface area contributed by atoms with Gasteiger partial charge in [-0.3, -0.25) is 10.1 Å². The van der Waals surface area contributed by atoms with Gasteiger partial charge in [0.1, 0.15) is 5.75 Å². The van der Waals surface area contributed by atoms with Gasteiger partial charge in [0.05, 0.1) is 12.0 Å². The predicted octanol–water partition coefficient (Wildman–Crippen LogP) is 4.17. The fourth-order valence-electron chi connectivity index (χ4n) is 2.43. The molecule has 1 aromatic rings. The van der Waals surface area contributed by atoms with Crippen molar-refractivity contribution in [1.82, 2.24) is 0 Å². The molecule has 0 heterocycles. The fourth-order valence-corrected chi connectivity index (χ4v) is 3.74. The van der Waals surface area contributed by atoms with Gasteiger partial charge in [-0.2, -0.15) is 11.8 Å². The predicted molar refractivity (Wildman–Crippen MR) is 77.8 cm³/mol. The number of nitro groups is 1. The van der Waals surface area contributed by atoms with Crippen molar-refractivity contribution in [3.8, 4) is 5.75 Å². The van der Waals surface area contributed by atoms with Crippen molar-refractivity contribution in [2.24, 2.45) is 0 Å². The summed E-state index contributed by atoms with van der Waals surface area (Å²) in [6.45, 7) is 0. The molecule has 0 atom stereocenters. The van der Waals surface area contributed by atoms with Crippen LogP contribution < -0.4 is 4.74 Å². The molecule has 5 heteroatoms. The number of hydrogen-bond donors (Lipinski definition) is 0. The molecule has 1 saturated carbocycles. The Hall–Kier alpha value is -1.23. The second-order valence-electron chi connectivity index (χ2n) is 4.82.